The zero-order chi connectivity index (χ0) is 15.1. The van der Waals surface area contributed by atoms with E-state index in [4.69, 9.17) is 5.41 Å². The van der Waals surface area contributed by atoms with E-state index in [9.17, 15) is 13.2 Å². The SMILES string of the molecule is Cc1c(C(C)C)ccc(C(F)(F)F)c1N1CCNC1=N. The van der Waals surface area contributed by atoms with Crippen LogP contribution in [-0.4, -0.2) is 19.0 Å². The first-order valence-electron chi connectivity index (χ1n) is 6.54. The molecule has 1 fully saturated rings. The Labute approximate surface area is 116 Å². The molecule has 2 N–H and O–H groups in total. The van der Waals surface area contributed by atoms with Gasteiger partial charge in [0.1, 0.15) is 0 Å². The molecule has 2 rings (SSSR count). The van der Waals surface area contributed by atoms with E-state index in [0.717, 1.165) is 11.6 Å². The lowest BCUT2D eigenvalue weighted by Gasteiger charge is -2.26. The smallest absolute Gasteiger partial charge is 0.354 e. The molecule has 1 heterocycles. The van der Waals surface area contributed by atoms with Gasteiger partial charge in [-0.15, -0.1) is 0 Å². The molecule has 110 valence electrons. The average molecular weight is 285 g/mol. The normalized spacial score (nSPS) is 15.9. The second-order valence-electron chi connectivity index (χ2n) is 5.26. The third-order valence-electron chi connectivity index (χ3n) is 3.57. The molecular weight excluding hydrogens is 267 g/mol. The van der Waals surface area contributed by atoms with Gasteiger partial charge in [0.2, 0.25) is 0 Å². The Balaban J connectivity index is 2.66. The molecule has 0 radical (unpaired) electrons. The molecule has 1 aliphatic heterocycles. The van der Waals surface area contributed by atoms with Crippen molar-refractivity contribution in [3.05, 3.63) is 28.8 Å². The van der Waals surface area contributed by atoms with Crippen molar-refractivity contribution in [1.29, 1.82) is 5.41 Å². The number of hydrogen-bond acceptors (Lipinski definition) is 1. The number of alkyl halides is 3. The highest BCUT2D eigenvalue weighted by molar-refractivity contribution is 5.97. The Hall–Kier alpha value is -1.72. The first-order valence-corrected chi connectivity index (χ1v) is 6.54. The lowest BCUT2D eigenvalue weighted by atomic mass is 9.93. The molecule has 0 aromatic heterocycles. The highest BCUT2D eigenvalue weighted by Crippen LogP contribution is 2.41. The van der Waals surface area contributed by atoms with Crippen LogP contribution in [0, 0.1) is 12.3 Å². The molecule has 0 unspecified atom stereocenters. The summed E-state index contributed by atoms with van der Waals surface area (Å²) in [5, 5.41) is 10.5. The summed E-state index contributed by atoms with van der Waals surface area (Å²) in [6.07, 6.45) is -4.42. The van der Waals surface area contributed by atoms with Crippen LogP contribution in [0.3, 0.4) is 0 Å². The Morgan fingerprint density at radius 1 is 1.30 bits per heavy atom. The number of rotatable bonds is 2. The summed E-state index contributed by atoms with van der Waals surface area (Å²) < 4.78 is 39.7. The predicted octanol–water partition coefficient (Wildman–Crippen LogP) is 3.48. The maximum Gasteiger partial charge on any atom is 0.418 e. The van der Waals surface area contributed by atoms with Crippen molar-refractivity contribution >= 4 is 11.6 Å². The lowest BCUT2D eigenvalue weighted by molar-refractivity contribution is -0.137. The molecule has 0 atom stereocenters. The van der Waals surface area contributed by atoms with Crippen LogP contribution >= 0.6 is 0 Å². The quantitative estimate of drug-likeness (QED) is 0.873. The molecule has 0 saturated carbocycles. The predicted molar refractivity (Wildman–Crippen MR) is 73.3 cm³/mol. The molecule has 20 heavy (non-hydrogen) atoms. The van der Waals surface area contributed by atoms with Crippen LogP contribution < -0.4 is 10.2 Å². The molecular formula is C14H18F3N3. The number of hydrogen-bond donors (Lipinski definition) is 2. The van der Waals surface area contributed by atoms with Crippen LogP contribution in [0.2, 0.25) is 0 Å². The molecule has 0 bridgehead atoms. The molecule has 1 aliphatic rings. The van der Waals surface area contributed by atoms with E-state index < -0.39 is 11.7 Å². The Morgan fingerprint density at radius 3 is 2.40 bits per heavy atom. The summed E-state index contributed by atoms with van der Waals surface area (Å²) in [5.74, 6) is 0.167. The van der Waals surface area contributed by atoms with Gasteiger partial charge in [0.15, 0.2) is 5.96 Å². The second-order valence-corrected chi connectivity index (χ2v) is 5.26. The molecule has 6 heteroatoms. The zero-order valence-electron chi connectivity index (χ0n) is 11.7. The Kier molecular flexibility index (Phi) is 3.67. The van der Waals surface area contributed by atoms with Crippen molar-refractivity contribution in [3.8, 4) is 0 Å². The largest absolute Gasteiger partial charge is 0.418 e. The number of anilines is 1. The number of nitrogens with one attached hydrogen (secondary N) is 2. The first-order chi connectivity index (χ1) is 9.23. The second kappa shape index (κ2) is 5.00. The van der Waals surface area contributed by atoms with E-state index in [0.29, 0.717) is 18.7 Å². The van der Waals surface area contributed by atoms with Crippen molar-refractivity contribution in [2.45, 2.75) is 32.9 Å². The standard InChI is InChI=1S/C14H18F3N3/c1-8(2)10-4-5-11(14(15,16)17)12(9(10)3)20-7-6-19-13(20)18/h4-5,8H,6-7H2,1-3H3,(H2,18,19). The van der Waals surface area contributed by atoms with Crippen LogP contribution in [-0.2, 0) is 6.18 Å². The summed E-state index contributed by atoms with van der Waals surface area (Å²) in [5.41, 5.74) is 0.919. The Morgan fingerprint density at radius 2 is 1.95 bits per heavy atom. The van der Waals surface area contributed by atoms with Crippen LogP contribution in [0.25, 0.3) is 0 Å². The monoisotopic (exact) mass is 285 g/mol. The maximum absolute atomic E-state index is 13.2. The lowest BCUT2D eigenvalue weighted by Crippen LogP contribution is -2.31. The van der Waals surface area contributed by atoms with Gasteiger partial charge < -0.3 is 10.2 Å². The van der Waals surface area contributed by atoms with Crippen LogP contribution in [0.15, 0.2) is 12.1 Å². The third kappa shape index (κ3) is 2.46. The van der Waals surface area contributed by atoms with Gasteiger partial charge in [-0.1, -0.05) is 19.9 Å². The molecule has 0 amide bonds. The number of halogens is 3. The van der Waals surface area contributed by atoms with E-state index in [1.54, 1.807) is 13.0 Å². The molecule has 1 aromatic rings. The van der Waals surface area contributed by atoms with Gasteiger partial charge in [0, 0.05) is 13.1 Å². The maximum atomic E-state index is 13.2. The van der Waals surface area contributed by atoms with E-state index in [1.807, 2.05) is 13.8 Å². The van der Waals surface area contributed by atoms with Crippen molar-refractivity contribution in [1.82, 2.24) is 5.32 Å². The fourth-order valence-electron chi connectivity index (χ4n) is 2.63. The third-order valence-corrected chi connectivity index (χ3v) is 3.57. The van der Waals surface area contributed by atoms with Crippen molar-refractivity contribution in [3.63, 3.8) is 0 Å². The molecule has 1 aromatic carbocycles. The summed E-state index contributed by atoms with van der Waals surface area (Å²) >= 11 is 0. The number of benzene rings is 1. The minimum atomic E-state index is -4.42. The fraction of sp³-hybridized carbons (Fsp3) is 0.500. The van der Waals surface area contributed by atoms with Crippen molar-refractivity contribution in [2.75, 3.05) is 18.0 Å². The zero-order valence-corrected chi connectivity index (χ0v) is 11.7. The average Bonchev–Trinajstić information content (AvgIpc) is 2.73. The molecule has 1 saturated heterocycles. The number of nitrogens with zero attached hydrogens (tertiary/aromatic N) is 1. The minimum absolute atomic E-state index is 0.0273. The van der Waals surface area contributed by atoms with Gasteiger partial charge in [-0.05, 0) is 30.0 Å². The van der Waals surface area contributed by atoms with Crippen molar-refractivity contribution < 1.29 is 13.2 Å². The van der Waals surface area contributed by atoms with E-state index in [2.05, 4.69) is 5.32 Å². The number of guanidine groups is 1. The highest BCUT2D eigenvalue weighted by Gasteiger charge is 2.37. The van der Waals surface area contributed by atoms with E-state index >= 15 is 0 Å². The topological polar surface area (TPSA) is 39.1 Å². The summed E-state index contributed by atoms with van der Waals surface area (Å²) in [6, 6.07) is 2.67. The Bertz CT molecular complexity index is 535. The summed E-state index contributed by atoms with van der Waals surface area (Å²) in [6.45, 7) is 6.47. The van der Waals surface area contributed by atoms with Crippen LogP contribution in [0.5, 0.6) is 0 Å². The van der Waals surface area contributed by atoms with E-state index in [-0.39, 0.29) is 17.6 Å². The minimum Gasteiger partial charge on any atom is -0.354 e. The molecule has 0 spiro atoms. The van der Waals surface area contributed by atoms with Gasteiger partial charge >= 0.3 is 6.18 Å². The highest BCUT2D eigenvalue weighted by atomic mass is 19.4. The summed E-state index contributed by atoms with van der Waals surface area (Å²) in [7, 11) is 0. The van der Waals surface area contributed by atoms with Crippen LogP contribution in [0.1, 0.15) is 36.5 Å². The molecule has 3 nitrogen and oxygen atoms in total. The summed E-state index contributed by atoms with van der Waals surface area (Å²) in [4.78, 5) is 1.41. The van der Waals surface area contributed by atoms with Crippen LogP contribution in [0.4, 0.5) is 18.9 Å². The van der Waals surface area contributed by atoms with Gasteiger partial charge in [0.05, 0.1) is 11.3 Å². The van der Waals surface area contributed by atoms with Gasteiger partial charge in [-0.2, -0.15) is 13.2 Å². The van der Waals surface area contributed by atoms with Gasteiger partial charge in [-0.3, -0.25) is 5.41 Å². The van der Waals surface area contributed by atoms with E-state index in [1.165, 1.54) is 4.90 Å². The van der Waals surface area contributed by atoms with Gasteiger partial charge in [-0.25, -0.2) is 0 Å². The molecule has 0 aliphatic carbocycles. The van der Waals surface area contributed by atoms with Gasteiger partial charge in [0.25, 0.3) is 0 Å². The first kappa shape index (κ1) is 14.7. The van der Waals surface area contributed by atoms with Crippen molar-refractivity contribution in [2.24, 2.45) is 0 Å². The fourth-order valence-corrected chi connectivity index (χ4v) is 2.63.